The summed E-state index contributed by atoms with van der Waals surface area (Å²) in [5.74, 6) is 5.96. The molecule has 0 bridgehead atoms. The summed E-state index contributed by atoms with van der Waals surface area (Å²) in [7, 11) is 1.66. The Morgan fingerprint density at radius 1 is 1.38 bits per heavy atom. The molecule has 1 aromatic carbocycles. The maximum atomic E-state index is 13.2. The van der Waals surface area contributed by atoms with Crippen LogP contribution in [-0.4, -0.2) is 50.1 Å². The van der Waals surface area contributed by atoms with Crippen molar-refractivity contribution in [3.8, 4) is 0 Å². The molecule has 10 nitrogen and oxygen atoms in total. The Balaban J connectivity index is 0.00000481. The molecule has 3 aromatic rings. The predicted molar refractivity (Wildman–Crippen MR) is 153 cm³/mol. The van der Waals surface area contributed by atoms with E-state index in [0.717, 1.165) is 35.5 Å². The molecular weight excluding hydrogens is 531 g/mol. The van der Waals surface area contributed by atoms with Crippen molar-refractivity contribution in [2.75, 3.05) is 25.5 Å². The van der Waals surface area contributed by atoms with E-state index in [9.17, 15) is 4.79 Å². The van der Waals surface area contributed by atoms with Crippen molar-refractivity contribution in [2.24, 2.45) is 11.8 Å². The van der Waals surface area contributed by atoms with Crippen molar-refractivity contribution in [1.29, 1.82) is 0 Å². The number of anilines is 1. The van der Waals surface area contributed by atoms with Gasteiger partial charge in [0.2, 0.25) is 5.78 Å². The maximum Gasteiger partial charge on any atom is 0.218 e. The van der Waals surface area contributed by atoms with Crippen LogP contribution >= 0.6 is 37.5 Å². The van der Waals surface area contributed by atoms with E-state index in [2.05, 4.69) is 40.0 Å². The molecule has 0 aliphatic heterocycles. The smallest absolute Gasteiger partial charge is 0.218 e. The molecule has 200 valence electrons. The lowest BCUT2D eigenvalue weighted by Crippen LogP contribution is -2.19. The van der Waals surface area contributed by atoms with Gasteiger partial charge in [-0.1, -0.05) is 43.8 Å². The van der Waals surface area contributed by atoms with Gasteiger partial charge in [-0.05, 0) is 41.5 Å². The second-order valence-electron chi connectivity index (χ2n) is 7.91. The zero-order valence-corrected chi connectivity index (χ0v) is 23.5. The van der Waals surface area contributed by atoms with Crippen molar-refractivity contribution >= 4 is 49.1 Å². The first-order valence-electron chi connectivity index (χ1n) is 11.4. The van der Waals surface area contributed by atoms with Crippen LogP contribution in [0.1, 0.15) is 41.4 Å². The van der Waals surface area contributed by atoms with E-state index in [1.54, 1.807) is 41.2 Å². The van der Waals surface area contributed by atoms with E-state index in [1.807, 2.05) is 18.2 Å². The molecule has 2 aromatic heterocycles. The summed E-state index contributed by atoms with van der Waals surface area (Å²) in [4.78, 5) is 27.8. The number of hydrazine groups is 1. The van der Waals surface area contributed by atoms with E-state index < -0.39 is 0 Å². The van der Waals surface area contributed by atoms with Gasteiger partial charge < -0.3 is 5.32 Å². The lowest BCUT2D eigenvalue weighted by molar-refractivity contribution is -0.204. The molecule has 0 aliphatic rings. The number of thioether (sulfide) groups is 1. The highest BCUT2D eigenvalue weighted by atomic mass is 32.2. The number of aromatic nitrogens is 4. The highest BCUT2D eigenvalue weighted by Gasteiger charge is 2.18. The first kappa shape index (κ1) is 30.8. The van der Waals surface area contributed by atoms with Crippen LogP contribution in [0, 0.1) is 5.92 Å². The zero-order chi connectivity index (χ0) is 25.8. The molecular formula is C24H33N7O3S3. The number of ketones is 1. The highest BCUT2D eigenvalue weighted by Crippen LogP contribution is 2.21. The summed E-state index contributed by atoms with van der Waals surface area (Å²) in [6.07, 6.45) is 6.45. The fourth-order valence-electron chi connectivity index (χ4n) is 3.34. The van der Waals surface area contributed by atoms with Crippen molar-refractivity contribution in [2.45, 2.75) is 31.2 Å². The van der Waals surface area contributed by atoms with E-state index in [4.69, 9.17) is 15.1 Å². The third kappa shape index (κ3) is 10.1. The van der Waals surface area contributed by atoms with Crippen molar-refractivity contribution in [3.63, 3.8) is 0 Å². The van der Waals surface area contributed by atoms with Crippen molar-refractivity contribution in [1.82, 2.24) is 24.2 Å². The third-order valence-electron chi connectivity index (χ3n) is 5.21. The molecule has 3 rings (SSSR count). The minimum atomic E-state index is -0.237. The lowest BCUT2D eigenvalue weighted by atomic mass is 10.0. The Morgan fingerprint density at radius 2 is 2.22 bits per heavy atom. The van der Waals surface area contributed by atoms with Gasteiger partial charge in [0.15, 0.2) is 0 Å². The Labute approximate surface area is 233 Å². The van der Waals surface area contributed by atoms with Gasteiger partial charge in [0.1, 0.15) is 30.1 Å². The van der Waals surface area contributed by atoms with Crippen LogP contribution in [0.3, 0.4) is 0 Å². The van der Waals surface area contributed by atoms with Gasteiger partial charge in [-0.25, -0.2) is 14.9 Å². The summed E-state index contributed by atoms with van der Waals surface area (Å²) in [6.45, 7) is 7.43. The summed E-state index contributed by atoms with van der Waals surface area (Å²) in [5, 5.41) is 9.54. The Morgan fingerprint density at radius 3 is 2.97 bits per heavy atom. The van der Waals surface area contributed by atoms with Gasteiger partial charge in [-0.15, -0.1) is 4.33 Å². The minimum Gasteiger partial charge on any atom is -0.369 e. The Kier molecular flexibility index (Phi) is 13.7. The molecule has 1 atom stereocenters. The fourth-order valence-corrected chi connectivity index (χ4v) is 4.10. The quantitative estimate of drug-likeness (QED) is 0.0376. The summed E-state index contributed by atoms with van der Waals surface area (Å²) < 4.78 is 8.02. The Hall–Kier alpha value is -2.39. The second-order valence-corrected chi connectivity index (χ2v) is 9.81. The van der Waals surface area contributed by atoms with E-state index in [1.165, 1.54) is 16.9 Å². The number of carbonyl (C=O) groups is 1. The number of hydrogen-bond acceptors (Lipinski definition) is 11. The van der Waals surface area contributed by atoms with E-state index in [-0.39, 0.29) is 25.2 Å². The van der Waals surface area contributed by atoms with Gasteiger partial charge in [0.25, 0.3) is 0 Å². The largest absolute Gasteiger partial charge is 0.369 e. The molecule has 37 heavy (non-hydrogen) atoms. The lowest BCUT2D eigenvalue weighted by Gasteiger charge is -2.16. The molecule has 3 N–H and O–H groups in total. The maximum absolute atomic E-state index is 13.2. The third-order valence-corrected chi connectivity index (χ3v) is 6.30. The van der Waals surface area contributed by atoms with Gasteiger partial charge in [0.05, 0.1) is 18.7 Å². The van der Waals surface area contributed by atoms with Gasteiger partial charge in [0, 0.05) is 30.9 Å². The van der Waals surface area contributed by atoms with Crippen LogP contribution in [0.2, 0.25) is 0 Å². The number of nitrogens with zero attached hydrogens (tertiary/aromatic N) is 5. The summed E-state index contributed by atoms with van der Waals surface area (Å²) in [5.41, 5.74) is 1.80. The monoisotopic (exact) mass is 563 g/mol. The number of nitrogens with two attached hydrogens (primary N) is 1. The van der Waals surface area contributed by atoms with Gasteiger partial charge in [-0.3, -0.25) is 15.3 Å². The molecule has 0 radical (unpaired) electrons. The topological polar surface area (TPSA) is 120 Å². The number of rotatable bonds is 16. The SMILES string of the molecule is C=CSc1cccc(Cn2ccc(C(=O)c3cncnc3NCCC(CC)COOSN(C)N)n2)c1.S. The molecule has 13 heteroatoms. The summed E-state index contributed by atoms with van der Waals surface area (Å²) in [6, 6.07) is 9.85. The average molecular weight is 564 g/mol. The number of nitrogens with one attached hydrogen (secondary N) is 1. The van der Waals surface area contributed by atoms with Crippen LogP contribution in [-0.2, 0) is 15.8 Å². The van der Waals surface area contributed by atoms with E-state index >= 15 is 0 Å². The standard InChI is InChI=1S/C24H31N7O3S2.H2S/c1-4-18(16-33-34-36-30(3)25)9-11-27-24-21(14-26-17-28-24)23(32)22-10-12-31(29-22)15-19-7-6-8-20(13-19)35-5-2;/h5-8,10,12-14,17-18H,2,4,9,11,15-16,25H2,1,3H3,(H,26,27,28);1H2. The van der Waals surface area contributed by atoms with Crippen LogP contribution < -0.4 is 11.2 Å². The molecule has 2 heterocycles. The molecule has 0 amide bonds. The normalized spacial score (nSPS) is 11.7. The van der Waals surface area contributed by atoms with Crippen molar-refractivity contribution < 1.29 is 14.0 Å². The first-order valence-corrected chi connectivity index (χ1v) is 13.0. The van der Waals surface area contributed by atoms with Crippen molar-refractivity contribution in [3.05, 3.63) is 77.9 Å². The fraction of sp³-hybridized carbons (Fsp3) is 0.333. The van der Waals surface area contributed by atoms with Gasteiger partial charge >= 0.3 is 0 Å². The molecule has 0 saturated carbocycles. The Bertz CT molecular complexity index is 1130. The molecule has 0 aliphatic carbocycles. The van der Waals surface area contributed by atoms with Crippen LogP contribution in [0.4, 0.5) is 5.82 Å². The van der Waals surface area contributed by atoms with Crippen LogP contribution in [0.25, 0.3) is 0 Å². The summed E-state index contributed by atoms with van der Waals surface area (Å²) >= 11 is 2.48. The molecule has 0 fully saturated rings. The predicted octanol–water partition coefficient (Wildman–Crippen LogP) is 4.45. The molecule has 1 unspecified atom stereocenters. The average Bonchev–Trinajstić information content (AvgIpc) is 3.34. The van der Waals surface area contributed by atoms with Crippen LogP contribution in [0.15, 0.2) is 65.9 Å². The van der Waals surface area contributed by atoms with E-state index in [0.29, 0.717) is 36.8 Å². The number of hydrogen-bond donors (Lipinski definition) is 2. The second kappa shape index (κ2) is 16.5. The first-order chi connectivity index (χ1) is 17.5. The number of benzene rings is 1. The van der Waals surface area contributed by atoms with Gasteiger partial charge in [-0.2, -0.15) is 23.0 Å². The number of carbonyl (C=O) groups excluding carboxylic acids is 1. The zero-order valence-electron chi connectivity index (χ0n) is 20.9. The van der Waals surface area contributed by atoms with Crippen LogP contribution in [0.5, 0.6) is 0 Å². The highest BCUT2D eigenvalue weighted by molar-refractivity contribution is 8.02. The molecule has 0 spiro atoms. The molecule has 0 saturated heterocycles. The minimum absolute atomic E-state index is 0.